The maximum absolute atomic E-state index is 13.6. The van der Waals surface area contributed by atoms with Crippen molar-refractivity contribution >= 4 is 11.9 Å². The molecule has 0 radical (unpaired) electrons. The molecule has 4 rings (SSSR count). The van der Waals surface area contributed by atoms with Gasteiger partial charge in [-0.1, -0.05) is 143 Å². The molecular weight excluding hydrogens is 777 g/mol. The monoisotopic (exact) mass is 863 g/mol. The molecule has 0 heterocycles. The number of ether oxygens (including phenoxy) is 6. The molecule has 2 saturated carbocycles. The molecule has 2 aliphatic carbocycles. The molecule has 350 valence electrons. The average molecular weight is 863 g/mol. The van der Waals surface area contributed by atoms with Crippen LogP contribution in [0, 0.1) is 22.7 Å². The second-order valence-electron chi connectivity index (χ2n) is 18.9. The molecule has 4 atom stereocenters. The van der Waals surface area contributed by atoms with Crippen LogP contribution in [0.1, 0.15) is 194 Å². The molecule has 0 amide bonds. The van der Waals surface area contributed by atoms with Crippen LogP contribution >= 0.6 is 0 Å². The summed E-state index contributed by atoms with van der Waals surface area (Å²) in [7, 11) is 0. The van der Waals surface area contributed by atoms with E-state index in [2.05, 4.69) is 27.7 Å². The van der Waals surface area contributed by atoms with Gasteiger partial charge < -0.3 is 28.4 Å². The van der Waals surface area contributed by atoms with Crippen LogP contribution in [-0.2, 0) is 41.8 Å². The number of benzene rings is 2. The van der Waals surface area contributed by atoms with Crippen LogP contribution in [0.4, 0.5) is 0 Å². The molecular formula is C54H86O8. The zero-order chi connectivity index (χ0) is 44.5. The van der Waals surface area contributed by atoms with Crippen LogP contribution < -0.4 is 9.47 Å². The first kappa shape index (κ1) is 51.5. The van der Waals surface area contributed by atoms with Crippen LogP contribution in [0.2, 0.25) is 0 Å². The molecule has 0 bridgehead atoms. The number of hydrogen-bond donors (Lipinski definition) is 0. The summed E-state index contributed by atoms with van der Waals surface area (Å²) in [4.78, 5) is 27.3. The Balaban J connectivity index is 1.35. The Morgan fingerprint density at radius 2 is 0.871 bits per heavy atom. The highest BCUT2D eigenvalue weighted by molar-refractivity contribution is 5.85. The van der Waals surface area contributed by atoms with E-state index in [0.29, 0.717) is 36.9 Å². The lowest BCUT2D eigenvalue weighted by Crippen LogP contribution is -2.45. The van der Waals surface area contributed by atoms with E-state index in [1.807, 2.05) is 62.4 Å². The molecule has 2 aromatic carbocycles. The Morgan fingerprint density at radius 3 is 1.21 bits per heavy atom. The lowest BCUT2D eigenvalue weighted by Gasteiger charge is -2.43. The van der Waals surface area contributed by atoms with Crippen LogP contribution in [0.3, 0.4) is 0 Å². The van der Waals surface area contributed by atoms with E-state index in [4.69, 9.17) is 28.4 Å². The molecule has 2 aliphatic rings. The summed E-state index contributed by atoms with van der Waals surface area (Å²) in [5.41, 5.74) is 2.61. The van der Waals surface area contributed by atoms with Gasteiger partial charge in [0, 0.05) is 0 Å². The Hall–Kier alpha value is -3.10. The quantitative estimate of drug-likeness (QED) is 0.0547. The predicted octanol–water partition coefficient (Wildman–Crippen LogP) is 13.9. The van der Waals surface area contributed by atoms with Crippen LogP contribution in [0.15, 0.2) is 48.5 Å². The number of carbonyl (C=O) groups is 2. The fourth-order valence-corrected chi connectivity index (χ4v) is 10.3. The smallest absolute Gasteiger partial charge is 0.338 e. The third-order valence-electron chi connectivity index (χ3n) is 14.3. The van der Waals surface area contributed by atoms with Gasteiger partial charge >= 0.3 is 11.9 Å². The average Bonchev–Trinajstić information content (AvgIpc) is 3.29. The maximum Gasteiger partial charge on any atom is 0.338 e. The summed E-state index contributed by atoms with van der Waals surface area (Å²) in [5.74, 6) is 1.86. The van der Waals surface area contributed by atoms with E-state index in [-0.39, 0.29) is 26.4 Å². The molecule has 8 nitrogen and oxygen atoms in total. The van der Waals surface area contributed by atoms with Crippen molar-refractivity contribution < 1.29 is 38.0 Å². The number of esters is 2. The summed E-state index contributed by atoms with van der Waals surface area (Å²) in [5, 5.41) is 0. The lowest BCUT2D eigenvalue weighted by atomic mass is 9.63. The first-order valence-corrected chi connectivity index (χ1v) is 25.2. The molecule has 0 N–H and O–H groups in total. The van der Waals surface area contributed by atoms with Crippen molar-refractivity contribution in [1.82, 2.24) is 0 Å². The van der Waals surface area contributed by atoms with Crippen molar-refractivity contribution in [1.29, 1.82) is 0 Å². The largest absolute Gasteiger partial charge is 0.494 e. The van der Waals surface area contributed by atoms with Gasteiger partial charge in [0.05, 0.1) is 39.6 Å². The van der Waals surface area contributed by atoms with Gasteiger partial charge in [0.15, 0.2) is 12.2 Å². The summed E-state index contributed by atoms with van der Waals surface area (Å²) >= 11 is 0. The summed E-state index contributed by atoms with van der Waals surface area (Å²) in [6.45, 7) is 15.6. The Kier molecular flexibility index (Phi) is 23.8. The highest BCUT2D eigenvalue weighted by Crippen LogP contribution is 2.49. The molecule has 62 heavy (non-hydrogen) atoms. The van der Waals surface area contributed by atoms with Crippen molar-refractivity contribution in [3.05, 3.63) is 59.7 Å². The van der Waals surface area contributed by atoms with E-state index in [1.54, 1.807) is 0 Å². The Labute approximate surface area is 377 Å². The molecule has 2 fully saturated rings. The third-order valence-corrected chi connectivity index (χ3v) is 14.3. The second-order valence-corrected chi connectivity index (χ2v) is 18.9. The van der Waals surface area contributed by atoms with Crippen LogP contribution in [0.5, 0.6) is 11.5 Å². The summed E-state index contributed by atoms with van der Waals surface area (Å²) in [6, 6.07) is 15.6. The zero-order valence-electron chi connectivity index (χ0n) is 40.0. The summed E-state index contributed by atoms with van der Waals surface area (Å²) < 4.78 is 36.2. The van der Waals surface area contributed by atoms with Crippen molar-refractivity contribution in [2.24, 2.45) is 22.7 Å². The number of rotatable bonds is 31. The Bertz CT molecular complexity index is 1380. The van der Waals surface area contributed by atoms with E-state index >= 15 is 0 Å². The van der Waals surface area contributed by atoms with Crippen molar-refractivity contribution in [3.63, 3.8) is 0 Å². The molecule has 0 spiro atoms. The molecule has 8 heteroatoms. The molecule has 0 saturated heterocycles. The SMILES string of the molecule is CCCCOC(=O)[C@H](OCc1ccc(OCCCC2(C(C)CCC)CCCCC2)cc1)[C@@H](OCc1ccc(OCCCC2(C(C)CCC)CCCCC2)cc1)C(=O)OCCCC. The minimum atomic E-state index is -1.31. The van der Waals surface area contributed by atoms with Gasteiger partial charge in [-0.2, -0.15) is 0 Å². The highest BCUT2D eigenvalue weighted by Gasteiger charge is 2.39. The fraction of sp³-hybridized carbons (Fsp3) is 0.741. The van der Waals surface area contributed by atoms with E-state index in [1.165, 1.54) is 103 Å². The number of hydrogen-bond acceptors (Lipinski definition) is 8. The van der Waals surface area contributed by atoms with Gasteiger partial charge in [-0.05, 0) is 122 Å². The zero-order valence-corrected chi connectivity index (χ0v) is 40.0. The van der Waals surface area contributed by atoms with Gasteiger partial charge in [-0.3, -0.25) is 0 Å². The van der Waals surface area contributed by atoms with Gasteiger partial charge in [-0.15, -0.1) is 0 Å². The number of unbranched alkanes of at least 4 members (excludes halogenated alkanes) is 2. The molecule has 0 aromatic heterocycles. The minimum absolute atomic E-state index is 0.0818. The third kappa shape index (κ3) is 16.8. The van der Waals surface area contributed by atoms with Crippen molar-refractivity contribution in [2.45, 2.75) is 208 Å². The molecule has 2 unspecified atom stereocenters. The van der Waals surface area contributed by atoms with Crippen molar-refractivity contribution in [2.75, 3.05) is 26.4 Å². The first-order valence-electron chi connectivity index (χ1n) is 25.2. The molecule has 2 aromatic rings. The van der Waals surface area contributed by atoms with Gasteiger partial charge in [0.1, 0.15) is 11.5 Å². The molecule has 0 aliphatic heterocycles. The fourth-order valence-electron chi connectivity index (χ4n) is 10.3. The topological polar surface area (TPSA) is 89.5 Å². The van der Waals surface area contributed by atoms with Gasteiger partial charge in [0.25, 0.3) is 0 Å². The standard InChI is InChI=1S/C54H86O8/c1-7-11-37-59-51(55)49(61-41-45-23-27-47(28-24-45)57-39-19-35-53(43(5)21-9-3)31-15-13-16-32-53)50(52(56)60-38-12-8-2)62-42-46-25-29-48(30-26-46)58-40-20-36-54(44(6)22-10-4)33-17-14-18-34-54/h23-30,43-44,49-50H,7-22,31-42H2,1-6H3/t43?,44?,49-,50-/m1/s1. The minimum Gasteiger partial charge on any atom is -0.494 e. The van der Waals surface area contributed by atoms with Gasteiger partial charge in [-0.25, -0.2) is 9.59 Å². The second kappa shape index (κ2) is 28.6. The van der Waals surface area contributed by atoms with Crippen LogP contribution in [-0.4, -0.2) is 50.6 Å². The summed E-state index contributed by atoms with van der Waals surface area (Å²) in [6.07, 6.45) is 23.7. The van der Waals surface area contributed by atoms with E-state index < -0.39 is 24.1 Å². The highest BCUT2D eigenvalue weighted by atomic mass is 16.6. The van der Waals surface area contributed by atoms with Crippen LogP contribution in [0.25, 0.3) is 0 Å². The Morgan fingerprint density at radius 1 is 0.500 bits per heavy atom. The normalized spacial score (nSPS) is 18.0. The van der Waals surface area contributed by atoms with Crippen molar-refractivity contribution in [3.8, 4) is 11.5 Å². The lowest BCUT2D eigenvalue weighted by molar-refractivity contribution is -0.186. The first-order chi connectivity index (χ1) is 30.2. The van der Waals surface area contributed by atoms with Gasteiger partial charge in [0.2, 0.25) is 0 Å². The predicted molar refractivity (Wildman–Crippen MR) is 250 cm³/mol. The maximum atomic E-state index is 13.6. The van der Waals surface area contributed by atoms with E-state index in [9.17, 15) is 9.59 Å². The van der Waals surface area contributed by atoms with E-state index in [0.717, 1.165) is 60.1 Å². The number of carbonyl (C=O) groups excluding carboxylic acids is 2.